The third kappa shape index (κ3) is 6.80. The van der Waals surface area contributed by atoms with Gasteiger partial charge >= 0.3 is 0 Å². The fourth-order valence-corrected chi connectivity index (χ4v) is 7.48. The molecule has 0 atom stereocenters. The van der Waals surface area contributed by atoms with Crippen molar-refractivity contribution in [1.29, 1.82) is 0 Å². The van der Waals surface area contributed by atoms with Crippen molar-refractivity contribution in [1.82, 2.24) is 28.7 Å². The molecular weight excluding hydrogens is 633 g/mol. The van der Waals surface area contributed by atoms with E-state index in [-0.39, 0.29) is 10.5 Å². The number of benzene rings is 3. The number of para-hydroxylation sites is 1. The van der Waals surface area contributed by atoms with Crippen LogP contribution in [0.4, 0.5) is 0 Å². The van der Waals surface area contributed by atoms with Gasteiger partial charge in [0, 0.05) is 30.4 Å². The molecule has 0 saturated carbocycles. The zero-order chi connectivity index (χ0) is 33.0. The number of hydrogen-bond acceptors (Lipinski definition) is 8. The summed E-state index contributed by atoms with van der Waals surface area (Å²) in [7, 11) is -3.69. The molecule has 0 saturated heterocycles. The normalized spacial score (nSPS) is 12.6. The minimum absolute atomic E-state index is 0.184. The van der Waals surface area contributed by atoms with Crippen LogP contribution in [-0.2, 0) is 10.0 Å². The molecule has 240 valence electrons. The standard InChI is InChI=1S/C35H34N6O4S2/c1-4-21-45-29-18-15-25(16-19-29)17-20-32-36-35-41(37-32)34(42)31(46-35)23-27-24-40(28-12-8-7-9-13-28)38-33(27)26-11-10-14-30(22-26)47(43,44)39(5-2)6-3/h7-20,22-24H,4-6,21H2,1-3H3/b20-17+,31-23-. The van der Waals surface area contributed by atoms with E-state index in [0.29, 0.717) is 51.8 Å². The Bertz CT molecular complexity index is 2250. The van der Waals surface area contributed by atoms with E-state index < -0.39 is 10.0 Å². The highest BCUT2D eigenvalue weighted by molar-refractivity contribution is 7.89. The number of aromatic nitrogens is 5. The zero-order valence-corrected chi connectivity index (χ0v) is 27.9. The molecule has 0 aliphatic rings. The van der Waals surface area contributed by atoms with E-state index in [4.69, 9.17) is 9.84 Å². The smallest absolute Gasteiger partial charge is 0.291 e. The van der Waals surface area contributed by atoms with E-state index in [0.717, 1.165) is 23.4 Å². The van der Waals surface area contributed by atoms with Crippen molar-refractivity contribution in [2.75, 3.05) is 19.7 Å². The Labute approximate surface area is 276 Å². The van der Waals surface area contributed by atoms with Crippen molar-refractivity contribution in [3.8, 4) is 22.7 Å². The Morgan fingerprint density at radius 3 is 2.38 bits per heavy atom. The van der Waals surface area contributed by atoms with Gasteiger partial charge in [0.2, 0.25) is 15.0 Å². The topological polar surface area (TPSA) is 112 Å². The van der Waals surface area contributed by atoms with E-state index in [1.54, 1.807) is 35.0 Å². The van der Waals surface area contributed by atoms with Gasteiger partial charge in [0.05, 0.1) is 21.7 Å². The molecular formula is C35H34N6O4S2. The van der Waals surface area contributed by atoms with Crippen LogP contribution >= 0.6 is 11.3 Å². The molecule has 3 heterocycles. The lowest BCUT2D eigenvalue weighted by atomic mass is 10.1. The van der Waals surface area contributed by atoms with Crippen LogP contribution in [0.5, 0.6) is 5.75 Å². The van der Waals surface area contributed by atoms with Crippen LogP contribution < -0.4 is 14.8 Å². The van der Waals surface area contributed by atoms with Crippen molar-refractivity contribution in [2.24, 2.45) is 0 Å². The van der Waals surface area contributed by atoms with Gasteiger partial charge in [-0.25, -0.2) is 13.1 Å². The summed E-state index contributed by atoms with van der Waals surface area (Å²) in [5.41, 5.74) is 3.29. The Morgan fingerprint density at radius 2 is 1.68 bits per heavy atom. The van der Waals surface area contributed by atoms with Gasteiger partial charge < -0.3 is 4.74 Å². The quantitative estimate of drug-likeness (QED) is 0.169. The minimum Gasteiger partial charge on any atom is -0.494 e. The summed E-state index contributed by atoms with van der Waals surface area (Å²) in [5, 5.41) is 9.27. The first kappa shape index (κ1) is 32.0. The molecule has 3 aromatic carbocycles. The fraction of sp³-hybridized carbons (Fsp3) is 0.200. The lowest BCUT2D eigenvalue weighted by molar-refractivity contribution is 0.317. The summed E-state index contributed by atoms with van der Waals surface area (Å²) in [6, 6.07) is 24.1. The summed E-state index contributed by atoms with van der Waals surface area (Å²) < 4.78 is 37.2. The van der Waals surface area contributed by atoms with Crippen molar-refractivity contribution < 1.29 is 13.2 Å². The Kier molecular flexibility index (Phi) is 9.43. The molecule has 12 heteroatoms. The van der Waals surface area contributed by atoms with Crippen molar-refractivity contribution in [3.63, 3.8) is 0 Å². The predicted octanol–water partition coefficient (Wildman–Crippen LogP) is 5.54. The van der Waals surface area contributed by atoms with E-state index >= 15 is 0 Å². The maximum Gasteiger partial charge on any atom is 0.291 e. The predicted molar refractivity (Wildman–Crippen MR) is 186 cm³/mol. The molecule has 0 unspecified atom stereocenters. The molecule has 3 aromatic heterocycles. The maximum atomic E-state index is 13.5. The lowest BCUT2D eigenvalue weighted by Gasteiger charge is -2.18. The van der Waals surface area contributed by atoms with Gasteiger partial charge in [-0.15, -0.1) is 5.10 Å². The summed E-state index contributed by atoms with van der Waals surface area (Å²) in [5.74, 6) is 1.24. The first-order valence-electron chi connectivity index (χ1n) is 15.4. The number of ether oxygens (including phenoxy) is 1. The highest BCUT2D eigenvalue weighted by Crippen LogP contribution is 2.28. The zero-order valence-electron chi connectivity index (χ0n) is 26.3. The molecule has 47 heavy (non-hydrogen) atoms. The fourth-order valence-electron chi connectivity index (χ4n) is 5.07. The SMILES string of the molecule is CCCOc1ccc(/C=C/c2nc3s/c(=C\c4cn(-c5ccccc5)nc4-c4cccc(S(=O)(=O)N(CC)CC)c4)c(=O)n3n2)cc1. The number of nitrogens with zero attached hydrogens (tertiary/aromatic N) is 6. The second-order valence-corrected chi connectivity index (χ2v) is 13.6. The van der Waals surface area contributed by atoms with Gasteiger partial charge in [-0.3, -0.25) is 4.79 Å². The van der Waals surface area contributed by atoms with Crippen molar-refractivity contribution in [2.45, 2.75) is 32.1 Å². The van der Waals surface area contributed by atoms with Gasteiger partial charge in [-0.2, -0.15) is 18.9 Å². The monoisotopic (exact) mass is 666 g/mol. The molecule has 0 fully saturated rings. The van der Waals surface area contributed by atoms with E-state index in [1.165, 1.54) is 20.2 Å². The molecule has 10 nitrogen and oxygen atoms in total. The lowest BCUT2D eigenvalue weighted by Crippen LogP contribution is -2.30. The number of fused-ring (bicyclic) bond motifs is 1. The van der Waals surface area contributed by atoms with Crippen LogP contribution in [0, 0.1) is 0 Å². The molecule has 0 spiro atoms. The molecule has 0 N–H and O–H groups in total. The Balaban J connectivity index is 1.36. The van der Waals surface area contributed by atoms with Gasteiger partial charge in [0.1, 0.15) is 11.4 Å². The third-order valence-electron chi connectivity index (χ3n) is 7.48. The van der Waals surface area contributed by atoms with E-state index in [1.807, 2.05) is 86.8 Å². The largest absolute Gasteiger partial charge is 0.494 e. The van der Waals surface area contributed by atoms with Crippen LogP contribution in [0.25, 0.3) is 40.1 Å². The number of sulfonamides is 1. The van der Waals surface area contributed by atoms with Crippen molar-refractivity contribution in [3.05, 3.63) is 117 Å². The average molecular weight is 667 g/mol. The van der Waals surface area contributed by atoms with Gasteiger partial charge in [0.25, 0.3) is 5.56 Å². The summed E-state index contributed by atoms with van der Waals surface area (Å²) >= 11 is 1.23. The van der Waals surface area contributed by atoms with Crippen LogP contribution in [-0.4, -0.2) is 56.8 Å². The molecule has 0 aliphatic heterocycles. The van der Waals surface area contributed by atoms with E-state index in [2.05, 4.69) is 17.0 Å². The molecule has 6 rings (SSSR count). The van der Waals surface area contributed by atoms with Crippen LogP contribution in [0.2, 0.25) is 0 Å². The minimum atomic E-state index is -3.69. The van der Waals surface area contributed by atoms with Crippen LogP contribution in [0.15, 0.2) is 94.7 Å². The summed E-state index contributed by atoms with van der Waals surface area (Å²) in [4.78, 5) is 18.7. The molecule has 6 aromatic rings. The van der Waals surface area contributed by atoms with Gasteiger partial charge in [-0.05, 0) is 60.5 Å². The molecule has 0 aliphatic carbocycles. The second-order valence-electron chi connectivity index (χ2n) is 10.7. The number of rotatable bonds is 12. The first-order chi connectivity index (χ1) is 22.8. The summed E-state index contributed by atoms with van der Waals surface area (Å²) in [6.45, 7) is 7.10. The Hall–Kier alpha value is -4.91. The first-order valence-corrected chi connectivity index (χ1v) is 17.6. The highest BCUT2D eigenvalue weighted by atomic mass is 32.2. The second kappa shape index (κ2) is 13.8. The molecule has 0 amide bonds. The van der Waals surface area contributed by atoms with Crippen molar-refractivity contribution >= 4 is 44.5 Å². The number of thiazole rings is 1. The maximum absolute atomic E-state index is 13.5. The summed E-state index contributed by atoms with van der Waals surface area (Å²) in [6.07, 6.45) is 8.19. The van der Waals surface area contributed by atoms with E-state index in [9.17, 15) is 13.2 Å². The average Bonchev–Trinajstić information content (AvgIpc) is 3.78. The van der Waals surface area contributed by atoms with Crippen LogP contribution in [0.1, 0.15) is 44.1 Å². The third-order valence-corrected chi connectivity index (χ3v) is 10.5. The van der Waals surface area contributed by atoms with Gasteiger partial charge in [0.15, 0.2) is 5.82 Å². The Morgan fingerprint density at radius 1 is 0.915 bits per heavy atom. The molecule has 0 radical (unpaired) electrons. The highest BCUT2D eigenvalue weighted by Gasteiger charge is 2.23. The molecule has 0 bridgehead atoms. The van der Waals surface area contributed by atoms with Gasteiger partial charge in [-0.1, -0.05) is 80.6 Å². The number of hydrogen-bond donors (Lipinski definition) is 0. The van der Waals surface area contributed by atoms with Crippen LogP contribution in [0.3, 0.4) is 0 Å².